The second kappa shape index (κ2) is 11.0. The van der Waals surface area contributed by atoms with Gasteiger partial charge in [-0.1, -0.05) is 42.0 Å². The second-order valence-electron chi connectivity index (χ2n) is 8.28. The minimum Gasteiger partial charge on any atom is -0.493 e. The quantitative estimate of drug-likeness (QED) is 0.583. The predicted octanol–water partition coefficient (Wildman–Crippen LogP) is 4.35. The van der Waals surface area contributed by atoms with E-state index >= 15 is 0 Å². The van der Waals surface area contributed by atoms with Crippen molar-refractivity contribution < 1.29 is 19.0 Å². The number of hydrogen-bond donors (Lipinski definition) is 0. The summed E-state index contributed by atoms with van der Waals surface area (Å²) in [6.07, 6.45) is 4.39. The van der Waals surface area contributed by atoms with Gasteiger partial charge in [-0.2, -0.15) is 0 Å². The Kier molecular flexibility index (Phi) is 8.17. The van der Waals surface area contributed by atoms with Gasteiger partial charge in [0.2, 0.25) is 5.75 Å². The number of methoxy groups -OCH3 is 3. The van der Waals surface area contributed by atoms with Gasteiger partial charge in [0, 0.05) is 24.7 Å². The third-order valence-corrected chi connectivity index (χ3v) is 5.95. The Morgan fingerprint density at radius 2 is 1.75 bits per heavy atom. The largest absolute Gasteiger partial charge is 0.493 e. The third-order valence-electron chi connectivity index (χ3n) is 5.95. The smallest absolute Gasteiger partial charge is 0.254 e. The molecule has 1 saturated heterocycles. The molecule has 0 radical (unpaired) electrons. The molecule has 1 aliphatic rings. The molecule has 3 rings (SSSR count). The number of carbonyl (C=O) groups excluding carboxylic acids is 1. The molecule has 1 heterocycles. The molecule has 1 atom stereocenters. The van der Waals surface area contributed by atoms with Crippen molar-refractivity contribution >= 4 is 12.0 Å². The molecular formula is C26H34N2O4. The topological polar surface area (TPSA) is 51.2 Å². The fourth-order valence-corrected chi connectivity index (χ4v) is 4.25. The van der Waals surface area contributed by atoms with E-state index in [2.05, 4.69) is 37.1 Å². The van der Waals surface area contributed by atoms with Gasteiger partial charge in [-0.25, -0.2) is 0 Å². The number of likely N-dealkylation sites (tertiary alicyclic amines) is 1. The predicted molar refractivity (Wildman–Crippen MR) is 128 cm³/mol. The Bertz CT molecular complexity index is 917. The molecule has 0 spiro atoms. The van der Waals surface area contributed by atoms with Crippen molar-refractivity contribution in [3.8, 4) is 17.2 Å². The lowest BCUT2D eigenvalue weighted by atomic mass is 10.1. The lowest BCUT2D eigenvalue weighted by molar-refractivity contribution is 0.0731. The first kappa shape index (κ1) is 23.7. The molecule has 2 aromatic rings. The van der Waals surface area contributed by atoms with Crippen LogP contribution in [0.4, 0.5) is 0 Å². The van der Waals surface area contributed by atoms with Crippen LogP contribution in [-0.4, -0.2) is 69.8 Å². The van der Waals surface area contributed by atoms with Crippen LogP contribution in [0.15, 0.2) is 48.0 Å². The summed E-state index contributed by atoms with van der Waals surface area (Å²) in [5.74, 6) is 1.38. The number of benzene rings is 2. The number of rotatable bonds is 9. The summed E-state index contributed by atoms with van der Waals surface area (Å²) in [4.78, 5) is 18.0. The Labute approximate surface area is 191 Å². The summed E-state index contributed by atoms with van der Waals surface area (Å²) in [5, 5.41) is 0. The van der Waals surface area contributed by atoms with Gasteiger partial charge in [-0.05, 0) is 51.1 Å². The molecule has 0 unspecified atom stereocenters. The zero-order valence-electron chi connectivity index (χ0n) is 19.8. The van der Waals surface area contributed by atoms with E-state index in [1.54, 1.807) is 33.5 Å². The average Bonchev–Trinajstić information content (AvgIpc) is 3.21. The number of ether oxygens (including phenoxy) is 3. The molecule has 2 aromatic carbocycles. The lowest BCUT2D eigenvalue weighted by Crippen LogP contribution is -2.42. The summed E-state index contributed by atoms with van der Waals surface area (Å²) < 4.78 is 16.3. The third kappa shape index (κ3) is 5.62. The minimum atomic E-state index is -0.0506. The SMILES string of the molecule is COc1cc(C(=O)N(CC(C)=Cc2ccccc2)C[C@@H]2CCCN2C)cc(OC)c1OC. The van der Waals surface area contributed by atoms with Crippen LogP contribution in [0.25, 0.3) is 6.08 Å². The molecule has 0 bridgehead atoms. The fraction of sp³-hybridized carbons (Fsp3) is 0.423. The standard InChI is InChI=1S/C26H34N2O4/c1-19(14-20-10-7-6-8-11-20)17-28(18-22-12-9-13-27(22)2)26(29)21-15-23(30-3)25(32-5)24(16-21)31-4/h6-8,10-11,14-16,22H,9,12-13,17-18H2,1-5H3/t22-/m0/s1. The molecule has 0 aromatic heterocycles. The highest BCUT2D eigenvalue weighted by molar-refractivity contribution is 5.96. The summed E-state index contributed by atoms with van der Waals surface area (Å²) in [6.45, 7) is 4.36. The number of likely N-dealkylation sites (N-methyl/N-ethyl adjacent to an activating group) is 1. The van der Waals surface area contributed by atoms with Crippen molar-refractivity contribution in [1.29, 1.82) is 0 Å². The summed E-state index contributed by atoms with van der Waals surface area (Å²) >= 11 is 0. The van der Waals surface area contributed by atoms with Crippen LogP contribution in [-0.2, 0) is 0 Å². The fourth-order valence-electron chi connectivity index (χ4n) is 4.25. The van der Waals surface area contributed by atoms with Crippen molar-refractivity contribution in [3.63, 3.8) is 0 Å². The van der Waals surface area contributed by atoms with Crippen molar-refractivity contribution in [1.82, 2.24) is 9.80 Å². The first-order valence-corrected chi connectivity index (χ1v) is 11.0. The maximum atomic E-state index is 13.7. The Hall–Kier alpha value is -2.99. The second-order valence-corrected chi connectivity index (χ2v) is 8.28. The molecule has 0 aliphatic carbocycles. The Morgan fingerprint density at radius 1 is 1.09 bits per heavy atom. The average molecular weight is 439 g/mol. The van der Waals surface area contributed by atoms with Crippen molar-refractivity contribution in [2.75, 3.05) is 48.0 Å². The molecule has 1 fully saturated rings. The monoisotopic (exact) mass is 438 g/mol. The highest BCUT2D eigenvalue weighted by Crippen LogP contribution is 2.38. The number of nitrogens with zero attached hydrogens (tertiary/aromatic N) is 2. The van der Waals surface area contributed by atoms with Crippen LogP contribution in [0, 0.1) is 0 Å². The Balaban J connectivity index is 1.91. The van der Waals surface area contributed by atoms with E-state index in [0.717, 1.165) is 30.5 Å². The van der Waals surface area contributed by atoms with Gasteiger partial charge < -0.3 is 24.0 Å². The molecular weight excluding hydrogens is 404 g/mol. The van der Waals surface area contributed by atoms with Gasteiger partial charge in [0.15, 0.2) is 11.5 Å². The zero-order valence-corrected chi connectivity index (χ0v) is 19.8. The van der Waals surface area contributed by atoms with Crippen molar-refractivity contribution in [3.05, 3.63) is 59.2 Å². The zero-order chi connectivity index (χ0) is 23.1. The molecule has 32 heavy (non-hydrogen) atoms. The molecule has 0 saturated carbocycles. The van der Waals surface area contributed by atoms with Gasteiger partial charge in [-0.3, -0.25) is 4.79 Å². The van der Waals surface area contributed by atoms with E-state index in [4.69, 9.17) is 14.2 Å². The van der Waals surface area contributed by atoms with Gasteiger partial charge in [0.25, 0.3) is 5.91 Å². The molecule has 1 amide bonds. The van der Waals surface area contributed by atoms with E-state index in [-0.39, 0.29) is 5.91 Å². The molecule has 6 nitrogen and oxygen atoms in total. The lowest BCUT2D eigenvalue weighted by Gasteiger charge is -2.30. The molecule has 172 valence electrons. The van der Waals surface area contributed by atoms with Crippen LogP contribution in [0.2, 0.25) is 0 Å². The van der Waals surface area contributed by atoms with Crippen molar-refractivity contribution in [2.24, 2.45) is 0 Å². The van der Waals surface area contributed by atoms with Crippen molar-refractivity contribution in [2.45, 2.75) is 25.8 Å². The summed E-state index contributed by atoms with van der Waals surface area (Å²) in [5.41, 5.74) is 2.77. The van der Waals surface area contributed by atoms with E-state index in [1.165, 1.54) is 0 Å². The normalized spacial score (nSPS) is 16.7. The summed E-state index contributed by atoms with van der Waals surface area (Å²) in [7, 11) is 6.81. The first-order chi connectivity index (χ1) is 15.5. The first-order valence-electron chi connectivity index (χ1n) is 11.0. The minimum absolute atomic E-state index is 0.0506. The van der Waals surface area contributed by atoms with Gasteiger partial charge in [0.05, 0.1) is 21.3 Å². The summed E-state index contributed by atoms with van der Waals surface area (Å²) in [6, 6.07) is 14.0. The Morgan fingerprint density at radius 3 is 2.28 bits per heavy atom. The van der Waals surface area contributed by atoms with Gasteiger partial charge >= 0.3 is 0 Å². The number of amides is 1. The van der Waals surface area contributed by atoms with E-state index in [9.17, 15) is 4.79 Å². The van der Waals surface area contributed by atoms with E-state index in [1.807, 2.05) is 23.1 Å². The van der Waals surface area contributed by atoms with E-state index < -0.39 is 0 Å². The maximum absolute atomic E-state index is 13.7. The van der Waals surface area contributed by atoms with Crippen LogP contribution in [0.3, 0.4) is 0 Å². The highest BCUT2D eigenvalue weighted by atomic mass is 16.5. The number of carbonyl (C=O) groups is 1. The maximum Gasteiger partial charge on any atom is 0.254 e. The van der Waals surface area contributed by atoms with Crippen LogP contribution < -0.4 is 14.2 Å². The van der Waals surface area contributed by atoms with Crippen LogP contribution >= 0.6 is 0 Å². The number of hydrogen-bond acceptors (Lipinski definition) is 5. The van der Waals surface area contributed by atoms with Crippen LogP contribution in [0.1, 0.15) is 35.7 Å². The van der Waals surface area contributed by atoms with Gasteiger partial charge in [0.1, 0.15) is 0 Å². The molecule has 0 N–H and O–H groups in total. The molecule has 6 heteroatoms. The molecule has 1 aliphatic heterocycles. The highest BCUT2D eigenvalue weighted by Gasteiger charge is 2.27. The van der Waals surface area contributed by atoms with Gasteiger partial charge in [-0.15, -0.1) is 0 Å². The van der Waals surface area contributed by atoms with E-state index in [0.29, 0.717) is 41.9 Å². The van der Waals surface area contributed by atoms with Crippen LogP contribution in [0.5, 0.6) is 17.2 Å².